The van der Waals surface area contributed by atoms with Crippen molar-refractivity contribution in [1.29, 1.82) is 0 Å². The number of thiophene rings is 1. The number of benzene rings is 2. The molecule has 0 saturated carbocycles. The molecule has 0 radical (unpaired) electrons. The van der Waals surface area contributed by atoms with E-state index in [-0.39, 0.29) is 5.78 Å². The van der Waals surface area contributed by atoms with Crippen LogP contribution in [-0.4, -0.2) is 17.9 Å². The third-order valence-electron chi connectivity index (χ3n) is 4.07. The fourth-order valence-electron chi connectivity index (χ4n) is 2.84. The van der Waals surface area contributed by atoms with Crippen LogP contribution in [-0.2, 0) is 0 Å². The molecule has 0 unspecified atom stereocenters. The molecule has 0 N–H and O–H groups in total. The fourth-order valence-corrected chi connectivity index (χ4v) is 4.01. The van der Waals surface area contributed by atoms with Crippen LogP contribution in [0.2, 0.25) is 0 Å². The Morgan fingerprint density at radius 3 is 2.44 bits per heavy atom. The summed E-state index contributed by atoms with van der Waals surface area (Å²) in [4.78, 5) is 18.6. The van der Waals surface area contributed by atoms with E-state index in [1.54, 1.807) is 36.8 Å². The number of hydrogen-bond acceptors (Lipinski definition) is 4. The highest BCUT2D eigenvalue weighted by molar-refractivity contribution is 7.22. The molecule has 4 heteroatoms. The summed E-state index contributed by atoms with van der Waals surface area (Å²) in [6, 6.07) is 21.0. The van der Waals surface area contributed by atoms with Crippen LogP contribution in [0.3, 0.4) is 0 Å². The van der Waals surface area contributed by atoms with Crippen LogP contribution in [0.1, 0.15) is 15.9 Å². The van der Waals surface area contributed by atoms with E-state index >= 15 is 0 Å². The minimum Gasteiger partial charge on any atom is -0.497 e. The van der Waals surface area contributed by atoms with Crippen molar-refractivity contribution in [3.63, 3.8) is 0 Å². The summed E-state index contributed by atoms with van der Waals surface area (Å²) in [5, 5.41) is 0.967. The van der Waals surface area contributed by atoms with Crippen molar-refractivity contribution in [2.24, 2.45) is 0 Å². The lowest BCUT2D eigenvalue weighted by Crippen LogP contribution is -2.02. The number of ether oxygens (including phenoxy) is 1. The first kappa shape index (κ1) is 15.5. The van der Waals surface area contributed by atoms with Gasteiger partial charge in [-0.15, -0.1) is 11.3 Å². The van der Waals surface area contributed by atoms with Crippen LogP contribution in [0.15, 0.2) is 72.9 Å². The zero-order valence-electron chi connectivity index (χ0n) is 13.6. The van der Waals surface area contributed by atoms with Crippen molar-refractivity contribution < 1.29 is 9.53 Å². The van der Waals surface area contributed by atoms with E-state index in [9.17, 15) is 4.79 Å². The Hall–Kier alpha value is -2.98. The quantitative estimate of drug-likeness (QED) is 0.477. The molecule has 0 aliphatic carbocycles. The zero-order chi connectivity index (χ0) is 17.2. The van der Waals surface area contributed by atoms with Gasteiger partial charge in [-0.3, -0.25) is 9.78 Å². The third-order valence-corrected chi connectivity index (χ3v) is 5.27. The van der Waals surface area contributed by atoms with Crippen molar-refractivity contribution in [1.82, 2.24) is 4.98 Å². The highest BCUT2D eigenvalue weighted by Crippen LogP contribution is 2.39. The standard InChI is InChI=1S/C21H15NO2S/c1-24-15-11-9-14(10-12-15)20(23)19-16-6-2-3-8-18(16)25-21(19)17-7-4-5-13-22-17/h2-13H,1H3. The van der Waals surface area contributed by atoms with E-state index in [1.807, 2.05) is 54.6 Å². The van der Waals surface area contributed by atoms with Crippen LogP contribution in [0.25, 0.3) is 20.7 Å². The van der Waals surface area contributed by atoms with E-state index in [0.29, 0.717) is 11.1 Å². The minimum absolute atomic E-state index is 0.000700. The predicted molar refractivity (Wildman–Crippen MR) is 101 cm³/mol. The van der Waals surface area contributed by atoms with Crippen molar-refractivity contribution in [3.8, 4) is 16.3 Å². The Kier molecular flexibility index (Phi) is 4.04. The van der Waals surface area contributed by atoms with Crippen LogP contribution in [0.5, 0.6) is 5.75 Å². The molecule has 122 valence electrons. The Balaban J connectivity index is 1.91. The lowest BCUT2D eigenvalue weighted by atomic mass is 9.99. The van der Waals surface area contributed by atoms with Crippen molar-refractivity contribution in [3.05, 3.63) is 84.1 Å². The summed E-state index contributed by atoms with van der Waals surface area (Å²) >= 11 is 1.60. The van der Waals surface area contributed by atoms with Gasteiger partial charge in [-0.2, -0.15) is 0 Å². The fraction of sp³-hybridized carbons (Fsp3) is 0.0476. The van der Waals surface area contributed by atoms with Gasteiger partial charge in [0, 0.05) is 21.8 Å². The number of aromatic nitrogens is 1. The summed E-state index contributed by atoms with van der Waals surface area (Å²) in [7, 11) is 1.61. The van der Waals surface area contributed by atoms with Crippen LogP contribution in [0, 0.1) is 0 Å². The summed E-state index contributed by atoms with van der Waals surface area (Å²) < 4.78 is 6.27. The molecule has 2 aromatic carbocycles. The topological polar surface area (TPSA) is 39.2 Å². The molecule has 2 heterocycles. The first-order chi connectivity index (χ1) is 12.3. The second-order valence-corrected chi connectivity index (χ2v) is 6.63. The first-order valence-electron chi connectivity index (χ1n) is 7.89. The van der Waals surface area contributed by atoms with Gasteiger partial charge in [0.25, 0.3) is 0 Å². The predicted octanol–water partition coefficient (Wildman–Crippen LogP) is 5.20. The molecule has 4 aromatic rings. The van der Waals surface area contributed by atoms with Crippen molar-refractivity contribution in [2.75, 3.05) is 7.11 Å². The van der Waals surface area contributed by atoms with Crippen LogP contribution in [0.4, 0.5) is 0 Å². The van der Waals surface area contributed by atoms with E-state index in [1.165, 1.54) is 0 Å². The smallest absolute Gasteiger partial charge is 0.195 e. The van der Waals surface area contributed by atoms with E-state index in [0.717, 1.165) is 26.4 Å². The Labute approximate surface area is 149 Å². The molecule has 25 heavy (non-hydrogen) atoms. The van der Waals surface area contributed by atoms with Gasteiger partial charge < -0.3 is 4.74 Å². The summed E-state index contributed by atoms with van der Waals surface area (Å²) in [5.41, 5.74) is 2.17. The van der Waals surface area contributed by atoms with Crippen molar-refractivity contribution >= 4 is 27.2 Å². The number of carbonyl (C=O) groups excluding carboxylic acids is 1. The molecule has 0 saturated heterocycles. The van der Waals surface area contributed by atoms with E-state index in [2.05, 4.69) is 4.98 Å². The summed E-state index contributed by atoms with van der Waals surface area (Å²) in [5.74, 6) is 0.734. The SMILES string of the molecule is COc1ccc(C(=O)c2c(-c3ccccn3)sc3ccccc23)cc1. The van der Waals surface area contributed by atoms with Gasteiger partial charge in [-0.1, -0.05) is 24.3 Å². The second-order valence-electron chi connectivity index (χ2n) is 5.57. The average molecular weight is 345 g/mol. The highest BCUT2D eigenvalue weighted by Gasteiger charge is 2.21. The number of nitrogens with zero attached hydrogens (tertiary/aromatic N) is 1. The first-order valence-corrected chi connectivity index (χ1v) is 8.71. The van der Waals surface area contributed by atoms with E-state index < -0.39 is 0 Å². The number of methoxy groups -OCH3 is 1. The van der Waals surface area contributed by atoms with Gasteiger partial charge >= 0.3 is 0 Å². The maximum atomic E-state index is 13.3. The highest BCUT2D eigenvalue weighted by atomic mass is 32.1. The molecule has 4 rings (SSSR count). The average Bonchev–Trinajstić information content (AvgIpc) is 3.08. The molecule has 0 atom stereocenters. The van der Waals surface area contributed by atoms with Gasteiger partial charge in [0.1, 0.15) is 5.75 Å². The molecule has 0 aliphatic rings. The Morgan fingerprint density at radius 1 is 0.960 bits per heavy atom. The van der Waals surface area contributed by atoms with E-state index in [4.69, 9.17) is 4.74 Å². The maximum Gasteiger partial charge on any atom is 0.195 e. The van der Waals surface area contributed by atoms with Gasteiger partial charge in [0.05, 0.1) is 23.2 Å². The number of pyridine rings is 1. The molecule has 0 aliphatic heterocycles. The molecule has 0 amide bonds. The van der Waals surface area contributed by atoms with Crippen molar-refractivity contribution in [2.45, 2.75) is 0 Å². The number of carbonyl (C=O) groups is 1. The molecule has 3 nitrogen and oxygen atoms in total. The summed E-state index contributed by atoms with van der Waals surface area (Å²) in [6.07, 6.45) is 1.75. The number of fused-ring (bicyclic) bond motifs is 1. The lowest BCUT2D eigenvalue weighted by Gasteiger charge is -2.05. The summed E-state index contributed by atoms with van der Waals surface area (Å²) in [6.45, 7) is 0. The Morgan fingerprint density at radius 2 is 1.72 bits per heavy atom. The molecule has 0 fully saturated rings. The molecule has 2 aromatic heterocycles. The number of hydrogen-bond donors (Lipinski definition) is 0. The van der Waals surface area contributed by atoms with Gasteiger partial charge in [-0.25, -0.2) is 0 Å². The number of ketones is 1. The Bertz CT molecular complexity index is 1040. The zero-order valence-corrected chi connectivity index (χ0v) is 14.4. The molecule has 0 spiro atoms. The van der Waals surface area contributed by atoms with Gasteiger partial charge in [0.2, 0.25) is 0 Å². The van der Waals surface area contributed by atoms with Gasteiger partial charge in [-0.05, 0) is 42.5 Å². The minimum atomic E-state index is 0.000700. The maximum absolute atomic E-state index is 13.3. The van der Waals surface area contributed by atoms with Crippen LogP contribution < -0.4 is 4.74 Å². The number of rotatable bonds is 4. The largest absolute Gasteiger partial charge is 0.497 e. The monoisotopic (exact) mass is 345 g/mol. The van der Waals surface area contributed by atoms with Gasteiger partial charge in [0.15, 0.2) is 5.78 Å². The lowest BCUT2D eigenvalue weighted by molar-refractivity contribution is 0.104. The third kappa shape index (κ3) is 2.81. The van der Waals surface area contributed by atoms with Crippen LogP contribution >= 0.6 is 11.3 Å². The molecular weight excluding hydrogens is 330 g/mol. The second kappa shape index (κ2) is 6.49. The molecular formula is C21H15NO2S. The molecule has 0 bridgehead atoms. The normalized spacial score (nSPS) is 10.8.